The predicted octanol–water partition coefficient (Wildman–Crippen LogP) is 4.79. The van der Waals surface area contributed by atoms with Crippen molar-refractivity contribution in [2.45, 2.75) is 12.8 Å². The zero-order valence-electron chi connectivity index (χ0n) is 18.3. The summed E-state index contributed by atoms with van der Waals surface area (Å²) in [6.45, 7) is 6.55. The molecule has 1 aromatic heterocycles. The number of hydrogen-bond donors (Lipinski definition) is 1. The van der Waals surface area contributed by atoms with E-state index >= 15 is 0 Å². The van der Waals surface area contributed by atoms with Crippen molar-refractivity contribution in [1.29, 1.82) is 0 Å². The number of rotatable bonds is 7. The third-order valence-electron chi connectivity index (χ3n) is 6.24. The van der Waals surface area contributed by atoms with Crippen molar-refractivity contribution in [3.8, 4) is 5.88 Å². The van der Waals surface area contributed by atoms with Crippen LogP contribution in [0.4, 0.5) is 15.9 Å². The smallest absolute Gasteiger partial charge is 0.215 e. The number of unbranched alkanes of at least 4 members (excludes halogenated alkanes) is 1. The van der Waals surface area contributed by atoms with E-state index in [4.69, 9.17) is 4.74 Å². The molecule has 0 saturated carbocycles. The van der Waals surface area contributed by atoms with Gasteiger partial charge in [-0.2, -0.15) is 4.98 Å². The Morgan fingerprint density at radius 2 is 1.91 bits per heavy atom. The van der Waals surface area contributed by atoms with Crippen LogP contribution in [0.3, 0.4) is 0 Å². The van der Waals surface area contributed by atoms with Gasteiger partial charge in [0.1, 0.15) is 11.6 Å². The number of pyridine rings is 1. The summed E-state index contributed by atoms with van der Waals surface area (Å²) >= 11 is 0. The Bertz CT molecular complexity index is 1110. The number of anilines is 2. The Balaban J connectivity index is 1.06. The molecule has 0 aliphatic carbocycles. The van der Waals surface area contributed by atoms with Gasteiger partial charge in [-0.15, -0.1) is 0 Å². The average Bonchev–Trinajstić information content (AvgIpc) is 2.84. The highest BCUT2D eigenvalue weighted by Crippen LogP contribution is 2.28. The fourth-order valence-corrected chi connectivity index (χ4v) is 4.48. The maximum absolute atomic E-state index is 13.8. The summed E-state index contributed by atoms with van der Waals surface area (Å²) in [6.07, 6.45) is 6.29. The number of benzene rings is 2. The summed E-state index contributed by atoms with van der Waals surface area (Å²) < 4.78 is 19.6. The molecule has 0 spiro atoms. The maximum atomic E-state index is 13.8. The normalized spacial score (nSPS) is 16.1. The van der Waals surface area contributed by atoms with E-state index in [2.05, 4.69) is 44.4 Å². The number of aromatic nitrogens is 1. The molecule has 5 rings (SSSR count). The van der Waals surface area contributed by atoms with Gasteiger partial charge in [-0.3, -0.25) is 4.90 Å². The zero-order chi connectivity index (χ0) is 21.8. The molecule has 3 heterocycles. The summed E-state index contributed by atoms with van der Waals surface area (Å²) in [6, 6.07) is 15.2. The third-order valence-corrected chi connectivity index (χ3v) is 6.24. The van der Waals surface area contributed by atoms with Crippen LogP contribution in [-0.2, 0) is 0 Å². The van der Waals surface area contributed by atoms with Crippen LogP contribution in [-0.4, -0.2) is 55.8 Å². The fraction of sp³-hybridized carbons (Fsp3) is 0.346. The molecule has 1 fully saturated rings. The van der Waals surface area contributed by atoms with Crippen LogP contribution in [0.1, 0.15) is 18.4 Å². The van der Waals surface area contributed by atoms with Gasteiger partial charge in [0.2, 0.25) is 5.88 Å². The second-order valence-corrected chi connectivity index (χ2v) is 8.40. The second-order valence-electron chi connectivity index (χ2n) is 8.40. The van der Waals surface area contributed by atoms with E-state index in [1.165, 1.54) is 6.07 Å². The Hall–Kier alpha value is -3.12. The molecule has 1 N–H and O–H groups in total. The van der Waals surface area contributed by atoms with E-state index in [0.717, 1.165) is 80.0 Å². The van der Waals surface area contributed by atoms with Gasteiger partial charge in [0.05, 0.1) is 6.61 Å². The van der Waals surface area contributed by atoms with Crippen LogP contribution in [0.25, 0.3) is 16.8 Å². The van der Waals surface area contributed by atoms with Crippen LogP contribution >= 0.6 is 0 Å². The maximum Gasteiger partial charge on any atom is 0.215 e. The highest BCUT2D eigenvalue weighted by molar-refractivity contribution is 5.94. The van der Waals surface area contributed by atoms with Crippen LogP contribution in [0.5, 0.6) is 5.88 Å². The van der Waals surface area contributed by atoms with E-state index < -0.39 is 0 Å². The minimum atomic E-state index is -0.176. The molecule has 166 valence electrons. The van der Waals surface area contributed by atoms with Crippen molar-refractivity contribution in [2.75, 3.05) is 56.1 Å². The van der Waals surface area contributed by atoms with Crippen molar-refractivity contribution in [1.82, 2.24) is 9.88 Å². The molecule has 5 nitrogen and oxygen atoms in total. The first-order valence-corrected chi connectivity index (χ1v) is 11.5. The molecule has 2 aromatic carbocycles. The van der Waals surface area contributed by atoms with Crippen LogP contribution < -0.4 is 15.0 Å². The van der Waals surface area contributed by atoms with Gasteiger partial charge in [0.25, 0.3) is 0 Å². The van der Waals surface area contributed by atoms with Gasteiger partial charge in [-0.05, 0) is 49.0 Å². The van der Waals surface area contributed by atoms with Gasteiger partial charge in [0.15, 0.2) is 0 Å². The van der Waals surface area contributed by atoms with Gasteiger partial charge < -0.3 is 15.0 Å². The number of ether oxygens (including phenoxy) is 1. The summed E-state index contributed by atoms with van der Waals surface area (Å²) in [5.41, 5.74) is 2.24. The lowest BCUT2D eigenvalue weighted by Gasteiger charge is -2.36. The van der Waals surface area contributed by atoms with Crippen LogP contribution in [0.15, 0.2) is 54.6 Å². The van der Waals surface area contributed by atoms with Crippen molar-refractivity contribution in [3.63, 3.8) is 0 Å². The standard InChI is InChI=1S/C26H29FN4O/c27-22-10-8-20-5-3-7-24(23(20)19-22)31-16-14-30(15-17-31)13-1-2-18-32-25-11-9-21-6-4-12-28-26(21)29-25/h3-11,19H,1-2,12-18H2,(H,28,29). The fourth-order valence-electron chi connectivity index (χ4n) is 4.48. The van der Waals surface area contributed by atoms with Gasteiger partial charge in [-0.1, -0.05) is 30.4 Å². The van der Waals surface area contributed by atoms with Gasteiger partial charge in [0, 0.05) is 55.4 Å². The topological polar surface area (TPSA) is 40.6 Å². The van der Waals surface area contributed by atoms with Crippen LogP contribution in [0, 0.1) is 5.82 Å². The molecular formula is C26H29FN4O. The molecule has 0 unspecified atom stereocenters. The Morgan fingerprint density at radius 3 is 2.81 bits per heavy atom. The molecule has 0 amide bonds. The average molecular weight is 433 g/mol. The first-order valence-electron chi connectivity index (χ1n) is 11.5. The summed E-state index contributed by atoms with van der Waals surface area (Å²) in [4.78, 5) is 9.43. The molecule has 2 aliphatic rings. The Morgan fingerprint density at radius 1 is 1.00 bits per heavy atom. The summed E-state index contributed by atoms with van der Waals surface area (Å²) in [7, 11) is 0. The lowest BCUT2D eigenvalue weighted by Crippen LogP contribution is -2.46. The van der Waals surface area contributed by atoms with Crippen molar-refractivity contribution in [3.05, 3.63) is 66.0 Å². The number of nitrogens with one attached hydrogen (secondary N) is 1. The quantitative estimate of drug-likeness (QED) is 0.544. The van der Waals surface area contributed by atoms with Crippen molar-refractivity contribution >= 4 is 28.4 Å². The van der Waals surface area contributed by atoms with E-state index in [9.17, 15) is 4.39 Å². The lowest BCUT2D eigenvalue weighted by molar-refractivity contribution is 0.237. The minimum Gasteiger partial charge on any atom is -0.478 e. The molecule has 6 heteroatoms. The first kappa shape index (κ1) is 20.8. The zero-order valence-corrected chi connectivity index (χ0v) is 18.3. The molecule has 0 bridgehead atoms. The number of halogens is 1. The third kappa shape index (κ3) is 4.70. The number of hydrogen-bond acceptors (Lipinski definition) is 5. The highest BCUT2D eigenvalue weighted by Gasteiger charge is 2.18. The second kappa shape index (κ2) is 9.57. The SMILES string of the molecule is Fc1ccc2cccc(N3CCN(CCCCOc4ccc5c(n4)NCC=C5)CC3)c2c1. The molecule has 32 heavy (non-hydrogen) atoms. The van der Waals surface area contributed by atoms with Crippen molar-refractivity contribution in [2.24, 2.45) is 0 Å². The molecule has 1 saturated heterocycles. The monoisotopic (exact) mass is 432 g/mol. The molecule has 0 atom stereocenters. The highest BCUT2D eigenvalue weighted by atomic mass is 19.1. The minimum absolute atomic E-state index is 0.176. The van der Waals surface area contributed by atoms with E-state index in [1.807, 2.05) is 24.3 Å². The Kier molecular flexibility index (Phi) is 6.21. The van der Waals surface area contributed by atoms with Crippen molar-refractivity contribution < 1.29 is 9.13 Å². The summed E-state index contributed by atoms with van der Waals surface area (Å²) in [5.74, 6) is 1.41. The number of nitrogens with zero attached hydrogens (tertiary/aromatic N) is 3. The molecule has 0 radical (unpaired) electrons. The number of fused-ring (bicyclic) bond motifs is 2. The van der Waals surface area contributed by atoms with Gasteiger partial charge >= 0.3 is 0 Å². The largest absolute Gasteiger partial charge is 0.478 e. The predicted molar refractivity (Wildman–Crippen MR) is 129 cm³/mol. The summed E-state index contributed by atoms with van der Waals surface area (Å²) in [5, 5.41) is 5.36. The van der Waals surface area contributed by atoms with E-state index in [1.54, 1.807) is 6.07 Å². The number of piperazine rings is 1. The van der Waals surface area contributed by atoms with Gasteiger partial charge in [-0.25, -0.2) is 4.39 Å². The van der Waals surface area contributed by atoms with E-state index in [0.29, 0.717) is 12.5 Å². The van der Waals surface area contributed by atoms with E-state index in [-0.39, 0.29) is 5.82 Å². The lowest BCUT2D eigenvalue weighted by atomic mass is 10.1. The molecular weight excluding hydrogens is 403 g/mol. The van der Waals surface area contributed by atoms with Crippen LogP contribution in [0.2, 0.25) is 0 Å². The Labute approximate surface area is 188 Å². The molecule has 3 aromatic rings. The first-order chi connectivity index (χ1) is 15.8. The molecule has 2 aliphatic heterocycles.